The number of halogens is 1. The van der Waals surface area contributed by atoms with Crippen molar-refractivity contribution in [2.45, 2.75) is 84.8 Å². The summed E-state index contributed by atoms with van der Waals surface area (Å²) in [6, 6.07) is 3.13. The van der Waals surface area contributed by atoms with Gasteiger partial charge in [-0.15, -0.1) is 0 Å². The highest BCUT2D eigenvalue weighted by Crippen LogP contribution is 2.50. The standard InChI is InChI=1S/C28H36ClN3O7/c1-14-11-15(2)30-24(33)21(14)32(8)25(34)18-12-19(29)23-22(16(18)3)37-28(7,38-23)20-10-9-17(13-36-20)31-26(35)39-27(4,5)6/h11-12,17,20H,9-10,13H2,1-8H3,(H,30,33)(H,31,35)/t17-,20+,28?/m1/s1. The third-order valence-electron chi connectivity index (χ3n) is 6.83. The molecule has 2 aliphatic heterocycles. The number of alkyl carbamates (subject to hydrolysis) is 1. The molecular formula is C28H36ClN3O7. The van der Waals surface area contributed by atoms with E-state index < -0.39 is 29.5 Å². The van der Waals surface area contributed by atoms with Crippen LogP contribution in [0.1, 0.15) is 67.7 Å². The van der Waals surface area contributed by atoms with Gasteiger partial charge >= 0.3 is 6.09 Å². The van der Waals surface area contributed by atoms with Gasteiger partial charge in [-0.2, -0.15) is 0 Å². The predicted molar refractivity (Wildman–Crippen MR) is 147 cm³/mol. The van der Waals surface area contributed by atoms with Crippen molar-refractivity contribution in [1.82, 2.24) is 10.3 Å². The number of ether oxygens (including phenoxy) is 4. The summed E-state index contributed by atoms with van der Waals surface area (Å²) in [7, 11) is 1.55. The molecule has 1 saturated heterocycles. The molecule has 1 unspecified atom stereocenters. The molecule has 0 aliphatic carbocycles. The van der Waals surface area contributed by atoms with E-state index in [4.69, 9.17) is 30.5 Å². The molecule has 212 valence electrons. The van der Waals surface area contributed by atoms with Gasteiger partial charge in [0.25, 0.3) is 17.3 Å². The number of H-pyrrole nitrogens is 1. The highest BCUT2D eigenvalue weighted by molar-refractivity contribution is 6.33. The van der Waals surface area contributed by atoms with Gasteiger partial charge in [-0.3, -0.25) is 9.59 Å². The number of pyridine rings is 1. The van der Waals surface area contributed by atoms with Gasteiger partial charge in [-0.25, -0.2) is 4.79 Å². The molecule has 1 aromatic heterocycles. The fourth-order valence-electron chi connectivity index (χ4n) is 5.00. The summed E-state index contributed by atoms with van der Waals surface area (Å²) in [6.07, 6.45) is 0.237. The van der Waals surface area contributed by atoms with E-state index in [1.165, 1.54) is 11.0 Å². The van der Waals surface area contributed by atoms with Crippen LogP contribution in [0, 0.1) is 20.8 Å². The summed E-state index contributed by atoms with van der Waals surface area (Å²) >= 11 is 6.58. The van der Waals surface area contributed by atoms with Crippen LogP contribution in [0.15, 0.2) is 16.9 Å². The second-order valence-corrected chi connectivity index (χ2v) is 11.7. The van der Waals surface area contributed by atoms with Gasteiger partial charge in [0.15, 0.2) is 11.5 Å². The highest BCUT2D eigenvalue weighted by Gasteiger charge is 2.49. The quantitative estimate of drug-likeness (QED) is 0.551. The molecule has 2 amide bonds. The van der Waals surface area contributed by atoms with Gasteiger partial charge in [0.1, 0.15) is 17.4 Å². The lowest BCUT2D eigenvalue weighted by atomic mass is 9.99. The molecule has 2 aliphatic rings. The summed E-state index contributed by atoms with van der Waals surface area (Å²) in [5.74, 6) is -0.908. The number of carbonyl (C=O) groups excluding carboxylic acids is 2. The van der Waals surface area contributed by atoms with Crippen LogP contribution in [0.5, 0.6) is 11.5 Å². The molecule has 2 N–H and O–H groups in total. The number of benzene rings is 1. The molecule has 1 fully saturated rings. The largest absolute Gasteiger partial charge is 0.446 e. The Hall–Kier alpha value is -3.24. The second-order valence-electron chi connectivity index (χ2n) is 11.3. The van der Waals surface area contributed by atoms with Crippen molar-refractivity contribution in [3.8, 4) is 11.5 Å². The van der Waals surface area contributed by atoms with Crippen LogP contribution in [0.4, 0.5) is 10.5 Å². The summed E-state index contributed by atoms with van der Waals surface area (Å²) in [4.78, 5) is 42.3. The Morgan fingerprint density at radius 2 is 1.82 bits per heavy atom. The van der Waals surface area contributed by atoms with Crippen molar-refractivity contribution < 1.29 is 28.5 Å². The first-order valence-corrected chi connectivity index (χ1v) is 13.3. The number of aromatic amines is 1. The van der Waals surface area contributed by atoms with Crippen LogP contribution in [0.25, 0.3) is 0 Å². The molecule has 0 spiro atoms. The molecule has 11 heteroatoms. The molecule has 3 heterocycles. The number of hydrogen-bond acceptors (Lipinski definition) is 7. The van der Waals surface area contributed by atoms with E-state index in [2.05, 4.69) is 10.3 Å². The monoisotopic (exact) mass is 561 g/mol. The number of carbonyl (C=O) groups is 2. The molecule has 1 aromatic carbocycles. The molecule has 10 nitrogen and oxygen atoms in total. The van der Waals surface area contributed by atoms with Gasteiger partial charge in [0.2, 0.25) is 0 Å². The molecule has 0 saturated carbocycles. The summed E-state index contributed by atoms with van der Waals surface area (Å²) in [5, 5.41) is 3.05. The summed E-state index contributed by atoms with van der Waals surface area (Å²) < 4.78 is 23.9. The van der Waals surface area contributed by atoms with E-state index >= 15 is 0 Å². The van der Waals surface area contributed by atoms with Crippen molar-refractivity contribution in [2.75, 3.05) is 18.6 Å². The van der Waals surface area contributed by atoms with E-state index in [0.717, 1.165) is 0 Å². The lowest BCUT2D eigenvalue weighted by molar-refractivity contribution is -0.185. The van der Waals surface area contributed by atoms with Crippen LogP contribution in [0.2, 0.25) is 5.02 Å². The number of anilines is 1. The molecule has 39 heavy (non-hydrogen) atoms. The van der Waals surface area contributed by atoms with Crippen LogP contribution in [-0.2, 0) is 9.47 Å². The number of aromatic nitrogens is 1. The Balaban J connectivity index is 1.50. The topological polar surface area (TPSA) is 119 Å². The van der Waals surface area contributed by atoms with Crippen LogP contribution in [-0.4, -0.2) is 54.2 Å². The van der Waals surface area contributed by atoms with Crippen molar-refractivity contribution in [3.63, 3.8) is 0 Å². The lowest BCUT2D eigenvalue weighted by Gasteiger charge is -2.37. The second kappa shape index (κ2) is 10.4. The summed E-state index contributed by atoms with van der Waals surface area (Å²) in [5.41, 5.74) is 1.53. The average molecular weight is 562 g/mol. The van der Waals surface area contributed by atoms with Crippen LogP contribution in [0.3, 0.4) is 0 Å². The molecule has 2 aromatic rings. The zero-order chi connectivity index (χ0) is 28.9. The molecular weight excluding hydrogens is 526 g/mol. The Labute approximate surface area is 232 Å². The minimum Gasteiger partial charge on any atom is -0.446 e. The first-order chi connectivity index (χ1) is 18.1. The maximum Gasteiger partial charge on any atom is 0.407 e. The van der Waals surface area contributed by atoms with Crippen molar-refractivity contribution in [1.29, 1.82) is 0 Å². The van der Waals surface area contributed by atoms with Crippen molar-refractivity contribution >= 4 is 29.3 Å². The van der Waals surface area contributed by atoms with Gasteiger partial charge in [0, 0.05) is 30.8 Å². The zero-order valence-corrected chi connectivity index (χ0v) is 24.4. The number of aryl methyl sites for hydroxylation is 2. The average Bonchev–Trinajstić information content (AvgIpc) is 3.19. The van der Waals surface area contributed by atoms with E-state index in [-0.39, 0.29) is 28.9 Å². The molecule has 4 rings (SSSR count). The highest BCUT2D eigenvalue weighted by atomic mass is 35.5. The number of fused-ring (bicyclic) bond motifs is 1. The van der Waals surface area contributed by atoms with Crippen molar-refractivity contribution in [3.05, 3.63) is 49.9 Å². The van der Waals surface area contributed by atoms with Gasteiger partial charge in [0.05, 0.1) is 17.7 Å². The van der Waals surface area contributed by atoms with E-state index in [1.807, 2.05) is 6.07 Å². The molecule has 0 radical (unpaired) electrons. The van der Waals surface area contributed by atoms with Crippen molar-refractivity contribution in [2.24, 2.45) is 0 Å². The maximum atomic E-state index is 13.5. The van der Waals surface area contributed by atoms with E-state index in [0.29, 0.717) is 46.7 Å². The third-order valence-corrected chi connectivity index (χ3v) is 7.11. The van der Waals surface area contributed by atoms with Gasteiger partial charge < -0.3 is 34.1 Å². The Bertz CT molecular complexity index is 1360. The van der Waals surface area contributed by atoms with Gasteiger partial charge in [-0.1, -0.05) is 11.6 Å². The minimum absolute atomic E-state index is 0.207. The summed E-state index contributed by atoms with van der Waals surface area (Å²) in [6.45, 7) is 12.8. The fraction of sp³-hybridized carbons (Fsp3) is 0.536. The first kappa shape index (κ1) is 28.8. The van der Waals surface area contributed by atoms with Crippen LogP contribution >= 0.6 is 11.6 Å². The Kier molecular flexibility index (Phi) is 7.66. The third kappa shape index (κ3) is 5.86. The zero-order valence-electron chi connectivity index (χ0n) is 23.6. The number of nitrogens with zero attached hydrogens (tertiary/aromatic N) is 1. The predicted octanol–water partition coefficient (Wildman–Crippen LogP) is 4.79. The normalized spacial score (nSPS) is 22.4. The first-order valence-electron chi connectivity index (χ1n) is 12.9. The van der Waals surface area contributed by atoms with Gasteiger partial charge in [-0.05, 0) is 72.1 Å². The number of hydrogen-bond donors (Lipinski definition) is 2. The smallest absolute Gasteiger partial charge is 0.407 e. The number of amides is 2. The van der Waals surface area contributed by atoms with Crippen LogP contribution < -0.4 is 25.2 Å². The Morgan fingerprint density at radius 3 is 2.41 bits per heavy atom. The SMILES string of the molecule is Cc1cc(C)c(N(C)C(=O)c2cc(Cl)c3c(c2C)OC(C)([C@@H]2CC[C@@H](NC(=O)OC(C)(C)C)CO2)O3)c(=O)[nH]1. The number of rotatable bonds is 4. The van der Waals surface area contributed by atoms with E-state index in [1.54, 1.807) is 55.5 Å². The Morgan fingerprint density at radius 1 is 1.15 bits per heavy atom. The molecule has 0 bridgehead atoms. The van der Waals surface area contributed by atoms with E-state index in [9.17, 15) is 14.4 Å². The number of nitrogens with one attached hydrogen (secondary N) is 2. The lowest BCUT2D eigenvalue weighted by Crippen LogP contribution is -2.54. The maximum absolute atomic E-state index is 13.5. The molecule has 3 atom stereocenters. The fourth-order valence-corrected chi connectivity index (χ4v) is 5.23. The minimum atomic E-state index is -1.19.